The fourth-order valence-corrected chi connectivity index (χ4v) is 3.41. The molecule has 2 aromatic rings. The summed E-state index contributed by atoms with van der Waals surface area (Å²) < 4.78 is 6.37. The van der Waals surface area contributed by atoms with Crippen molar-refractivity contribution in [2.24, 2.45) is 0 Å². The van der Waals surface area contributed by atoms with Crippen LogP contribution >= 0.6 is 0 Å². The number of hydrogen-bond acceptors (Lipinski definition) is 3. The standard InChI is InChI=1S/C17H25N3O/c1-4-14-15-11-18-19-16(15)8-9-17(14)21-13-7-5-6-12(10-13)20(2)3/h8-9,11-13H,4-7,10H2,1-3H3,(H,18,19). The molecule has 4 nitrogen and oxygen atoms in total. The summed E-state index contributed by atoms with van der Waals surface area (Å²) in [5, 5.41) is 8.37. The maximum atomic E-state index is 6.37. The lowest BCUT2D eigenvalue weighted by atomic mass is 9.92. The van der Waals surface area contributed by atoms with Gasteiger partial charge in [-0.25, -0.2) is 0 Å². The van der Waals surface area contributed by atoms with Gasteiger partial charge >= 0.3 is 0 Å². The molecule has 0 amide bonds. The predicted molar refractivity (Wildman–Crippen MR) is 85.8 cm³/mol. The fraction of sp³-hybridized carbons (Fsp3) is 0.588. The number of rotatable bonds is 4. The number of ether oxygens (including phenoxy) is 1. The van der Waals surface area contributed by atoms with E-state index in [4.69, 9.17) is 4.74 Å². The van der Waals surface area contributed by atoms with E-state index < -0.39 is 0 Å². The van der Waals surface area contributed by atoms with E-state index >= 15 is 0 Å². The number of aromatic nitrogens is 2. The quantitative estimate of drug-likeness (QED) is 0.937. The van der Waals surface area contributed by atoms with Crippen LogP contribution in [0.5, 0.6) is 5.75 Å². The molecule has 1 aliphatic carbocycles. The fourth-order valence-electron chi connectivity index (χ4n) is 3.41. The second-order valence-electron chi connectivity index (χ2n) is 6.25. The van der Waals surface area contributed by atoms with Gasteiger partial charge in [0.25, 0.3) is 0 Å². The van der Waals surface area contributed by atoms with Gasteiger partial charge in [-0.2, -0.15) is 5.10 Å². The molecule has 4 heteroatoms. The molecular weight excluding hydrogens is 262 g/mol. The molecular formula is C17H25N3O. The van der Waals surface area contributed by atoms with Crippen molar-refractivity contribution in [1.82, 2.24) is 15.1 Å². The van der Waals surface area contributed by atoms with Gasteiger partial charge in [0.2, 0.25) is 0 Å². The molecule has 0 saturated heterocycles. The number of nitrogens with zero attached hydrogens (tertiary/aromatic N) is 2. The van der Waals surface area contributed by atoms with E-state index in [1.165, 1.54) is 23.8 Å². The highest BCUT2D eigenvalue weighted by Crippen LogP contribution is 2.31. The summed E-state index contributed by atoms with van der Waals surface area (Å²) in [5.41, 5.74) is 2.36. The Balaban J connectivity index is 1.81. The van der Waals surface area contributed by atoms with Crippen LogP contribution in [-0.4, -0.2) is 41.3 Å². The normalized spacial score (nSPS) is 22.9. The van der Waals surface area contributed by atoms with Crippen molar-refractivity contribution in [2.75, 3.05) is 14.1 Å². The summed E-state index contributed by atoms with van der Waals surface area (Å²) in [5.74, 6) is 1.04. The molecule has 1 N–H and O–H groups in total. The monoisotopic (exact) mass is 287 g/mol. The third kappa shape index (κ3) is 2.91. The third-order valence-electron chi connectivity index (χ3n) is 4.67. The Morgan fingerprint density at radius 2 is 2.19 bits per heavy atom. The lowest BCUT2D eigenvalue weighted by Crippen LogP contribution is -2.37. The summed E-state index contributed by atoms with van der Waals surface area (Å²) in [6.07, 6.45) is 8.04. The SMILES string of the molecule is CCc1c(OC2CCCC(N(C)C)C2)ccc2[nH]ncc12. The first kappa shape index (κ1) is 14.4. The minimum atomic E-state index is 0.334. The molecule has 1 aromatic carbocycles. The first-order chi connectivity index (χ1) is 10.2. The van der Waals surface area contributed by atoms with E-state index in [9.17, 15) is 0 Å². The number of aromatic amines is 1. The van der Waals surface area contributed by atoms with Gasteiger partial charge in [-0.05, 0) is 58.3 Å². The largest absolute Gasteiger partial charge is 0.490 e. The van der Waals surface area contributed by atoms with Crippen LogP contribution in [0.25, 0.3) is 10.9 Å². The van der Waals surface area contributed by atoms with Crippen molar-refractivity contribution in [2.45, 2.75) is 51.2 Å². The summed E-state index contributed by atoms with van der Waals surface area (Å²) in [7, 11) is 4.34. The summed E-state index contributed by atoms with van der Waals surface area (Å²) >= 11 is 0. The first-order valence-corrected chi connectivity index (χ1v) is 7.97. The molecule has 3 rings (SSSR count). The average molecular weight is 287 g/mol. The molecule has 0 spiro atoms. The number of aryl methyl sites for hydroxylation is 1. The third-order valence-corrected chi connectivity index (χ3v) is 4.67. The number of benzene rings is 1. The predicted octanol–water partition coefficient (Wildman–Crippen LogP) is 3.38. The molecule has 1 saturated carbocycles. The number of H-pyrrole nitrogens is 1. The zero-order valence-corrected chi connectivity index (χ0v) is 13.2. The van der Waals surface area contributed by atoms with E-state index in [0.29, 0.717) is 12.1 Å². The lowest BCUT2D eigenvalue weighted by Gasteiger charge is -2.33. The number of fused-ring (bicyclic) bond motifs is 1. The Morgan fingerprint density at radius 1 is 1.33 bits per heavy atom. The van der Waals surface area contributed by atoms with E-state index in [0.717, 1.165) is 30.5 Å². The number of hydrogen-bond donors (Lipinski definition) is 1. The van der Waals surface area contributed by atoms with Gasteiger partial charge in [0, 0.05) is 17.0 Å². The van der Waals surface area contributed by atoms with Gasteiger partial charge in [-0.3, -0.25) is 5.10 Å². The summed E-state index contributed by atoms with van der Waals surface area (Å²) in [6.45, 7) is 2.18. The molecule has 0 radical (unpaired) electrons. The van der Waals surface area contributed by atoms with E-state index in [2.05, 4.69) is 48.2 Å². The smallest absolute Gasteiger partial charge is 0.123 e. The highest BCUT2D eigenvalue weighted by atomic mass is 16.5. The van der Waals surface area contributed by atoms with Gasteiger partial charge in [0.05, 0.1) is 11.7 Å². The highest BCUT2D eigenvalue weighted by Gasteiger charge is 2.25. The van der Waals surface area contributed by atoms with Crippen molar-refractivity contribution >= 4 is 10.9 Å². The highest BCUT2D eigenvalue weighted by molar-refractivity contribution is 5.84. The van der Waals surface area contributed by atoms with Crippen LogP contribution in [0.15, 0.2) is 18.3 Å². The Labute approximate surface area is 126 Å². The zero-order chi connectivity index (χ0) is 14.8. The Hall–Kier alpha value is -1.55. The van der Waals surface area contributed by atoms with Crippen molar-refractivity contribution in [3.05, 3.63) is 23.9 Å². The minimum absolute atomic E-state index is 0.334. The molecule has 1 heterocycles. The zero-order valence-electron chi connectivity index (χ0n) is 13.2. The molecule has 2 unspecified atom stereocenters. The second kappa shape index (κ2) is 6.06. The molecule has 1 fully saturated rings. The topological polar surface area (TPSA) is 41.1 Å². The van der Waals surface area contributed by atoms with Crippen molar-refractivity contribution < 1.29 is 4.74 Å². The van der Waals surface area contributed by atoms with Crippen molar-refractivity contribution in [3.63, 3.8) is 0 Å². The van der Waals surface area contributed by atoms with Gasteiger partial charge in [-0.15, -0.1) is 0 Å². The van der Waals surface area contributed by atoms with E-state index in [1.807, 2.05) is 6.20 Å². The Bertz CT molecular complexity index is 605. The maximum Gasteiger partial charge on any atom is 0.123 e. The van der Waals surface area contributed by atoms with E-state index in [-0.39, 0.29) is 0 Å². The van der Waals surface area contributed by atoms with Crippen LogP contribution in [0, 0.1) is 0 Å². The Morgan fingerprint density at radius 3 is 2.95 bits per heavy atom. The van der Waals surface area contributed by atoms with Crippen molar-refractivity contribution in [3.8, 4) is 5.75 Å². The van der Waals surface area contributed by atoms with Gasteiger partial charge in [0.15, 0.2) is 0 Å². The summed E-state index contributed by atoms with van der Waals surface area (Å²) in [6, 6.07) is 4.81. The average Bonchev–Trinajstić information content (AvgIpc) is 2.96. The summed E-state index contributed by atoms with van der Waals surface area (Å²) in [4.78, 5) is 2.33. The minimum Gasteiger partial charge on any atom is -0.490 e. The second-order valence-corrected chi connectivity index (χ2v) is 6.25. The van der Waals surface area contributed by atoms with Crippen LogP contribution in [0.3, 0.4) is 0 Å². The molecule has 1 aliphatic rings. The van der Waals surface area contributed by atoms with Crippen LogP contribution < -0.4 is 4.74 Å². The van der Waals surface area contributed by atoms with Crippen LogP contribution in [0.1, 0.15) is 38.2 Å². The molecule has 21 heavy (non-hydrogen) atoms. The van der Waals surface area contributed by atoms with Gasteiger partial charge in [-0.1, -0.05) is 6.92 Å². The van der Waals surface area contributed by atoms with Gasteiger partial charge < -0.3 is 9.64 Å². The Kier molecular flexibility index (Phi) is 4.15. The van der Waals surface area contributed by atoms with E-state index in [1.54, 1.807) is 0 Å². The van der Waals surface area contributed by atoms with Crippen LogP contribution in [-0.2, 0) is 6.42 Å². The molecule has 0 bridgehead atoms. The van der Waals surface area contributed by atoms with Crippen LogP contribution in [0.4, 0.5) is 0 Å². The first-order valence-electron chi connectivity index (χ1n) is 7.97. The molecule has 1 aromatic heterocycles. The number of nitrogens with one attached hydrogen (secondary N) is 1. The maximum absolute atomic E-state index is 6.37. The van der Waals surface area contributed by atoms with Crippen LogP contribution in [0.2, 0.25) is 0 Å². The lowest BCUT2D eigenvalue weighted by molar-refractivity contribution is 0.0997. The molecule has 2 atom stereocenters. The van der Waals surface area contributed by atoms with Gasteiger partial charge in [0.1, 0.15) is 11.9 Å². The molecule has 0 aliphatic heterocycles. The molecule has 114 valence electrons. The van der Waals surface area contributed by atoms with Crippen molar-refractivity contribution in [1.29, 1.82) is 0 Å².